The van der Waals surface area contributed by atoms with Gasteiger partial charge in [0.05, 0.1) is 11.4 Å². The number of aromatic nitrogens is 4. The van der Waals surface area contributed by atoms with Gasteiger partial charge in [0.25, 0.3) is 0 Å². The first-order chi connectivity index (χ1) is 21.9. The third-order valence-corrected chi connectivity index (χ3v) is 8.89. The van der Waals surface area contributed by atoms with Crippen molar-refractivity contribution in [1.29, 1.82) is 0 Å². The van der Waals surface area contributed by atoms with Crippen molar-refractivity contribution in [2.24, 2.45) is 0 Å². The quantitative estimate of drug-likeness (QED) is 0.223. The van der Waals surface area contributed by atoms with Crippen LogP contribution in [0.2, 0.25) is 0 Å². The van der Waals surface area contributed by atoms with Crippen LogP contribution in [0.5, 0.6) is 0 Å². The topological polar surface area (TPSA) is 87.1 Å². The molecule has 0 saturated carbocycles. The second-order valence-corrected chi connectivity index (χ2v) is 12.1. The van der Waals surface area contributed by atoms with E-state index in [0.29, 0.717) is 23.8 Å². The fraction of sp³-hybridized carbons (Fsp3) is 0.167. The molecule has 0 radical (unpaired) electrons. The van der Waals surface area contributed by atoms with Gasteiger partial charge < -0.3 is 14.8 Å². The zero-order chi connectivity index (χ0) is 31.1. The van der Waals surface area contributed by atoms with E-state index >= 15 is 0 Å². The summed E-state index contributed by atoms with van der Waals surface area (Å²) in [5.41, 5.74) is 5.07. The highest BCUT2D eigenvalue weighted by molar-refractivity contribution is 7.28. The zero-order valence-corrected chi connectivity index (χ0v) is 26.2. The van der Waals surface area contributed by atoms with E-state index in [-0.39, 0.29) is 24.4 Å². The predicted octanol–water partition coefficient (Wildman–Crippen LogP) is 6.03. The second-order valence-electron chi connectivity index (χ2n) is 11.5. The van der Waals surface area contributed by atoms with Crippen LogP contribution >= 0.6 is 9.24 Å². The number of nitrogens with one attached hydrogen (secondary N) is 1. The number of fused-ring (bicyclic) bond motifs is 4. The molecule has 0 saturated heterocycles. The van der Waals surface area contributed by atoms with E-state index < -0.39 is 5.92 Å². The molecule has 9 heteroatoms. The Morgan fingerprint density at radius 1 is 0.889 bits per heavy atom. The van der Waals surface area contributed by atoms with Crippen molar-refractivity contribution in [2.45, 2.75) is 32.2 Å². The maximum absolute atomic E-state index is 14.9. The average Bonchev–Trinajstić information content (AvgIpc) is 3.65. The van der Waals surface area contributed by atoms with E-state index in [9.17, 15) is 9.59 Å². The number of para-hydroxylation sites is 4. The molecule has 3 heterocycles. The Hall–Kier alpha value is -5.07. The van der Waals surface area contributed by atoms with E-state index in [2.05, 4.69) is 25.4 Å². The normalized spacial score (nSPS) is 14.4. The Kier molecular flexibility index (Phi) is 7.51. The van der Waals surface area contributed by atoms with Crippen LogP contribution in [0, 0.1) is 0 Å². The van der Waals surface area contributed by atoms with E-state index in [1.165, 1.54) is 0 Å². The monoisotopic (exact) mass is 612 g/mol. The lowest BCUT2D eigenvalue weighted by atomic mass is 9.96. The number of H-pyrrole nitrogens is 1. The van der Waals surface area contributed by atoms with Gasteiger partial charge in [-0.1, -0.05) is 72.8 Å². The first kappa shape index (κ1) is 28.7. The standard InChI is InChI=1S/C36H33N6O2P/c1-23(2)41(25-12-4-3-5-13-25)33(43)22-40-30-17-9-10-18-31(30)42-34(27-15-7-11-19-32(27)45)38-39-35(42)28(36(40)44)20-24-21-37-29-16-8-6-14-26(24)29/h3-19,21,23,28,37H,20,22,45H2,1-2H3. The Morgan fingerprint density at radius 3 is 2.36 bits per heavy atom. The van der Waals surface area contributed by atoms with Gasteiger partial charge in [0, 0.05) is 34.4 Å². The van der Waals surface area contributed by atoms with Gasteiger partial charge in [-0.2, -0.15) is 0 Å². The number of amides is 2. The molecule has 0 aliphatic carbocycles. The van der Waals surface area contributed by atoms with Gasteiger partial charge in [0.2, 0.25) is 11.8 Å². The molecular weight excluding hydrogens is 579 g/mol. The summed E-state index contributed by atoms with van der Waals surface area (Å²) < 4.78 is 2.00. The average molecular weight is 613 g/mol. The van der Waals surface area contributed by atoms with Gasteiger partial charge in [-0.3, -0.25) is 14.2 Å². The number of carbonyl (C=O) groups is 2. The fourth-order valence-electron chi connectivity index (χ4n) is 6.33. The van der Waals surface area contributed by atoms with Crippen LogP contribution in [-0.4, -0.2) is 44.1 Å². The smallest absolute Gasteiger partial charge is 0.247 e. The summed E-state index contributed by atoms with van der Waals surface area (Å²) in [6.07, 6.45) is 2.34. The van der Waals surface area contributed by atoms with Crippen molar-refractivity contribution >= 4 is 48.6 Å². The van der Waals surface area contributed by atoms with Gasteiger partial charge >= 0.3 is 0 Å². The SMILES string of the molecule is CC(C)N(C(=O)CN1C(=O)C(Cc2c[nH]c3ccccc23)c2nnc(-c3ccccc3P)n2-c2ccccc21)c1ccccc1. The highest BCUT2D eigenvalue weighted by Gasteiger charge is 2.39. The van der Waals surface area contributed by atoms with Crippen molar-refractivity contribution < 1.29 is 9.59 Å². The van der Waals surface area contributed by atoms with Gasteiger partial charge in [-0.25, -0.2) is 0 Å². The summed E-state index contributed by atoms with van der Waals surface area (Å²) in [6, 6.07) is 33.2. The molecule has 2 aromatic heterocycles. The third kappa shape index (κ3) is 5.11. The van der Waals surface area contributed by atoms with Crippen molar-refractivity contribution in [3.05, 3.63) is 121 Å². The van der Waals surface area contributed by atoms with E-state index in [0.717, 1.165) is 38.7 Å². The maximum atomic E-state index is 14.9. The van der Waals surface area contributed by atoms with E-state index in [1.807, 2.05) is 122 Å². The van der Waals surface area contributed by atoms with Crippen LogP contribution in [0.1, 0.15) is 31.2 Å². The largest absolute Gasteiger partial charge is 0.361 e. The Bertz CT molecular complexity index is 2030. The molecule has 224 valence electrons. The molecule has 0 spiro atoms. The van der Waals surface area contributed by atoms with E-state index in [4.69, 9.17) is 5.10 Å². The molecule has 1 aliphatic rings. The lowest BCUT2D eigenvalue weighted by molar-refractivity contribution is -0.123. The molecule has 2 atom stereocenters. The summed E-state index contributed by atoms with van der Waals surface area (Å²) in [4.78, 5) is 35.8. The molecule has 0 bridgehead atoms. The minimum absolute atomic E-state index is 0.107. The molecule has 1 N–H and O–H groups in total. The number of carbonyl (C=O) groups excluding carboxylic acids is 2. The fourth-order valence-corrected chi connectivity index (χ4v) is 6.66. The molecule has 0 fully saturated rings. The molecule has 1 aliphatic heterocycles. The summed E-state index contributed by atoms with van der Waals surface area (Å²) in [7, 11) is 2.78. The third-order valence-electron chi connectivity index (χ3n) is 8.39. The van der Waals surface area contributed by atoms with Gasteiger partial charge in [0.1, 0.15) is 12.5 Å². The molecule has 4 aromatic carbocycles. The number of hydrogen-bond donors (Lipinski definition) is 1. The van der Waals surface area contributed by atoms with Gasteiger partial charge in [-0.05, 0) is 61.5 Å². The second kappa shape index (κ2) is 11.8. The molecule has 2 amide bonds. The molecule has 2 unspecified atom stereocenters. The highest BCUT2D eigenvalue weighted by Crippen LogP contribution is 2.39. The van der Waals surface area contributed by atoms with Crippen LogP contribution in [0.4, 0.5) is 11.4 Å². The molecule has 8 nitrogen and oxygen atoms in total. The number of benzene rings is 4. The van der Waals surface area contributed by atoms with E-state index in [1.54, 1.807) is 9.80 Å². The maximum Gasteiger partial charge on any atom is 0.247 e. The molecular formula is C36H33N6O2P. The van der Waals surface area contributed by atoms with Crippen LogP contribution in [0.25, 0.3) is 28.0 Å². The molecule has 6 aromatic rings. The van der Waals surface area contributed by atoms with Crippen LogP contribution < -0.4 is 15.1 Å². The van der Waals surface area contributed by atoms with Crippen LogP contribution in [0.3, 0.4) is 0 Å². The van der Waals surface area contributed by atoms with Crippen molar-refractivity contribution in [1.82, 2.24) is 19.7 Å². The first-order valence-electron chi connectivity index (χ1n) is 15.1. The highest BCUT2D eigenvalue weighted by atomic mass is 31.0. The van der Waals surface area contributed by atoms with Crippen molar-refractivity contribution in [3.63, 3.8) is 0 Å². The lowest BCUT2D eigenvalue weighted by Gasteiger charge is -2.31. The number of nitrogens with zero attached hydrogens (tertiary/aromatic N) is 5. The van der Waals surface area contributed by atoms with Crippen LogP contribution in [-0.2, 0) is 16.0 Å². The minimum atomic E-state index is -0.702. The molecule has 7 rings (SSSR count). The molecule has 45 heavy (non-hydrogen) atoms. The predicted molar refractivity (Wildman–Crippen MR) is 182 cm³/mol. The van der Waals surface area contributed by atoms with Gasteiger partial charge in [-0.15, -0.1) is 19.4 Å². The number of aromatic amines is 1. The summed E-state index contributed by atoms with van der Waals surface area (Å²) in [5.74, 6) is 0.111. The summed E-state index contributed by atoms with van der Waals surface area (Å²) in [6.45, 7) is 3.84. The first-order valence-corrected chi connectivity index (χ1v) is 15.6. The van der Waals surface area contributed by atoms with Crippen molar-refractivity contribution in [3.8, 4) is 17.1 Å². The van der Waals surface area contributed by atoms with Crippen molar-refractivity contribution in [2.75, 3.05) is 16.3 Å². The number of rotatable bonds is 7. The number of hydrogen-bond acceptors (Lipinski definition) is 4. The van der Waals surface area contributed by atoms with Crippen LogP contribution in [0.15, 0.2) is 109 Å². The minimum Gasteiger partial charge on any atom is -0.361 e. The summed E-state index contributed by atoms with van der Waals surface area (Å²) in [5, 5.41) is 11.4. The lowest BCUT2D eigenvalue weighted by Crippen LogP contribution is -2.47. The Labute approximate surface area is 263 Å². The van der Waals surface area contributed by atoms with Gasteiger partial charge in [0.15, 0.2) is 11.6 Å². The number of anilines is 2. The summed E-state index contributed by atoms with van der Waals surface area (Å²) >= 11 is 0. The zero-order valence-electron chi connectivity index (χ0n) is 25.1. The Balaban J connectivity index is 1.39. The Morgan fingerprint density at radius 2 is 1.58 bits per heavy atom.